The molecule has 1 unspecified atom stereocenters. The summed E-state index contributed by atoms with van der Waals surface area (Å²) in [5.74, 6) is 1.22. The third-order valence-electron chi connectivity index (χ3n) is 5.65. The Bertz CT molecular complexity index is 264. The zero-order chi connectivity index (χ0) is 13.1. The van der Waals surface area contributed by atoms with Gasteiger partial charge in [-0.1, -0.05) is 45.1 Å². The van der Waals surface area contributed by atoms with E-state index in [-0.39, 0.29) is 15.3 Å². The van der Waals surface area contributed by atoms with Crippen molar-refractivity contribution in [2.24, 2.45) is 11.8 Å². The third kappa shape index (κ3) is 2.79. The minimum absolute atomic E-state index is 0.0967. The molecule has 3 aliphatic rings. The molecule has 3 rings (SSSR count). The van der Waals surface area contributed by atoms with Gasteiger partial charge in [-0.25, -0.2) is 0 Å². The Hall–Kier alpha value is 0.137. The molecule has 0 radical (unpaired) electrons. The Balaban J connectivity index is 1.77. The Morgan fingerprint density at radius 1 is 0.842 bits per heavy atom. The van der Waals surface area contributed by atoms with Crippen LogP contribution in [0.1, 0.15) is 64.2 Å². The predicted molar refractivity (Wildman–Crippen MR) is 81.1 cm³/mol. The van der Waals surface area contributed by atoms with Crippen LogP contribution in [0.3, 0.4) is 0 Å². The van der Waals surface area contributed by atoms with Crippen LogP contribution in [0, 0.1) is 11.8 Å². The first-order chi connectivity index (χ1) is 9.35. The number of ether oxygens (including phenoxy) is 2. The average Bonchev–Trinajstić information content (AvgIpc) is 2.95. The van der Waals surface area contributed by atoms with Crippen LogP contribution in [0.4, 0.5) is 0 Å². The Morgan fingerprint density at radius 3 is 1.79 bits per heavy atom. The minimum Gasteiger partial charge on any atom is -0.348 e. The van der Waals surface area contributed by atoms with Crippen molar-refractivity contribution in [3.05, 3.63) is 0 Å². The van der Waals surface area contributed by atoms with Gasteiger partial charge in [-0.2, -0.15) is 0 Å². The quantitative estimate of drug-likeness (QED) is 0.738. The van der Waals surface area contributed by atoms with Crippen LogP contribution in [0.15, 0.2) is 0 Å². The summed E-state index contributed by atoms with van der Waals surface area (Å²) in [7, 11) is -0.0967. The minimum atomic E-state index is -0.158. The molecule has 0 aromatic carbocycles. The molecule has 2 nitrogen and oxygen atoms in total. The fraction of sp³-hybridized carbons (Fsp3) is 1.00. The summed E-state index contributed by atoms with van der Waals surface area (Å²) >= 11 is 0. The van der Waals surface area contributed by atoms with Crippen LogP contribution in [0.2, 0.25) is 6.55 Å². The number of hydrogen-bond donors (Lipinski definition) is 0. The van der Waals surface area contributed by atoms with Crippen molar-refractivity contribution in [3.63, 3.8) is 0 Å². The summed E-state index contributed by atoms with van der Waals surface area (Å²) in [6.07, 6.45) is 13.8. The zero-order valence-corrected chi connectivity index (χ0v) is 13.9. The van der Waals surface area contributed by atoms with Crippen molar-refractivity contribution in [2.75, 3.05) is 6.61 Å². The van der Waals surface area contributed by atoms with Crippen LogP contribution in [0.25, 0.3) is 0 Å². The molecule has 3 fully saturated rings. The summed E-state index contributed by atoms with van der Waals surface area (Å²) in [6, 6.07) is 0. The highest BCUT2D eigenvalue weighted by Crippen LogP contribution is 2.48. The van der Waals surface area contributed by atoms with E-state index in [4.69, 9.17) is 9.47 Å². The molecule has 2 saturated carbocycles. The summed E-state index contributed by atoms with van der Waals surface area (Å²) in [5.41, 5.74) is 0.490. The molecule has 19 heavy (non-hydrogen) atoms. The SMILES string of the molecule is C[SiH2]C1COC(C2CCCCC2)(C2CCCCC2)O1. The van der Waals surface area contributed by atoms with Crippen molar-refractivity contribution in [1.29, 1.82) is 0 Å². The standard InChI is InChI=1S/C16H30O2Si/c1-19-15-12-17-16(18-15,13-8-4-2-5-9-13)14-10-6-3-7-11-14/h13-15H,2-12,19H2,1H3. The van der Waals surface area contributed by atoms with Crippen molar-refractivity contribution >= 4 is 9.52 Å². The molecule has 0 bridgehead atoms. The van der Waals surface area contributed by atoms with Crippen molar-refractivity contribution in [1.82, 2.24) is 0 Å². The van der Waals surface area contributed by atoms with Crippen LogP contribution < -0.4 is 0 Å². The second-order valence-electron chi connectivity index (χ2n) is 6.85. The molecule has 1 atom stereocenters. The van der Waals surface area contributed by atoms with E-state index in [2.05, 4.69) is 6.55 Å². The van der Waals surface area contributed by atoms with Gasteiger partial charge in [0.05, 0.1) is 21.9 Å². The van der Waals surface area contributed by atoms with Gasteiger partial charge in [0, 0.05) is 11.8 Å². The van der Waals surface area contributed by atoms with E-state index in [1.165, 1.54) is 64.2 Å². The van der Waals surface area contributed by atoms with E-state index in [1.807, 2.05) is 0 Å². The Kier molecular flexibility index (Phi) is 4.65. The van der Waals surface area contributed by atoms with E-state index >= 15 is 0 Å². The molecule has 0 amide bonds. The highest BCUT2D eigenvalue weighted by Gasteiger charge is 2.52. The summed E-state index contributed by atoms with van der Waals surface area (Å²) in [4.78, 5) is 0. The molecule has 0 N–H and O–H groups in total. The average molecular weight is 282 g/mol. The maximum atomic E-state index is 6.62. The van der Waals surface area contributed by atoms with E-state index in [1.54, 1.807) is 0 Å². The van der Waals surface area contributed by atoms with Gasteiger partial charge < -0.3 is 9.47 Å². The number of hydrogen-bond acceptors (Lipinski definition) is 2. The van der Waals surface area contributed by atoms with E-state index in [9.17, 15) is 0 Å². The summed E-state index contributed by atoms with van der Waals surface area (Å²) < 4.78 is 13.1. The lowest BCUT2D eigenvalue weighted by Gasteiger charge is -2.45. The lowest BCUT2D eigenvalue weighted by molar-refractivity contribution is -0.245. The molecule has 0 aromatic heterocycles. The first-order valence-corrected chi connectivity index (χ1v) is 10.9. The monoisotopic (exact) mass is 282 g/mol. The van der Waals surface area contributed by atoms with Gasteiger partial charge in [0.15, 0.2) is 5.79 Å². The van der Waals surface area contributed by atoms with Gasteiger partial charge in [-0.15, -0.1) is 0 Å². The fourth-order valence-electron chi connectivity index (χ4n) is 4.52. The van der Waals surface area contributed by atoms with Gasteiger partial charge in [0.2, 0.25) is 0 Å². The van der Waals surface area contributed by atoms with Crippen molar-refractivity contribution in [3.8, 4) is 0 Å². The molecule has 2 aliphatic carbocycles. The molecule has 0 spiro atoms. The third-order valence-corrected chi connectivity index (χ3v) is 6.96. The topological polar surface area (TPSA) is 18.5 Å². The number of rotatable bonds is 3. The lowest BCUT2D eigenvalue weighted by atomic mass is 9.72. The molecule has 1 aliphatic heterocycles. The van der Waals surface area contributed by atoms with Crippen molar-refractivity contribution in [2.45, 2.75) is 82.3 Å². The van der Waals surface area contributed by atoms with E-state index in [0.29, 0.717) is 17.6 Å². The van der Waals surface area contributed by atoms with Crippen LogP contribution in [-0.2, 0) is 9.47 Å². The first kappa shape index (κ1) is 14.1. The molecule has 1 saturated heterocycles. The normalized spacial score (nSPS) is 34.3. The molecule has 3 heteroatoms. The zero-order valence-electron chi connectivity index (χ0n) is 12.5. The highest BCUT2D eigenvalue weighted by atomic mass is 28.2. The van der Waals surface area contributed by atoms with E-state index < -0.39 is 0 Å². The van der Waals surface area contributed by atoms with Crippen LogP contribution >= 0.6 is 0 Å². The second-order valence-corrected chi connectivity index (χ2v) is 8.58. The summed E-state index contributed by atoms with van der Waals surface area (Å²) in [5, 5.41) is 0. The van der Waals surface area contributed by atoms with Gasteiger partial charge >= 0.3 is 0 Å². The maximum Gasteiger partial charge on any atom is 0.173 e. The maximum absolute atomic E-state index is 6.62. The molecule has 0 aromatic rings. The second kappa shape index (κ2) is 6.27. The van der Waals surface area contributed by atoms with Gasteiger partial charge in [-0.05, 0) is 25.7 Å². The highest BCUT2D eigenvalue weighted by molar-refractivity contribution is 6.35. The Labute approximate surface area is 120 Å². The van der Waals surface area contributed by atoms with E-state index in [0.717, 1.165) is 6.61 Å². The molecule has 1 heterocycles. The fourth-order valence-corrected chi connectivity index (χ4v) is 5.31. The summed E-state index contributed by atoms with van der Waals surface area (Å²) in [6.45, 7) is 3.27. The molecule has 110 valence electrons. The largest absolute Gasteiger partial charge is 0.348 e. The van der Waals surface area contributed by atoms with Gasteiger partial charge in [0.25, 0.3) is 0 Å². The van der Waals surface area contributed by atoms with Gasteiger partial charge in [-0.3, -0.25) is 0 Å². The Morgan fingerprint density at radius 2 is 1.37 bits per heavy atom. The molecular formula is C16H30O2Si. The van der Waals surface area contributed by atoms with Gasteiger partial charge in [0.1, 0.15) is 0 Å². The predicted octanol–water partition coefficient (Wildman–Crippen LogP) is 3.43. The van der Waals surface area contributed by atoms with Crippen LogP contribution in [-0.4, -0.2) is 27.6 Å². The molecular weight excluding hydrogens is 252 g/mol. The van der Waals surface area contributed by atoms with Crippen molar-refractivity contribution < 1.29 is 9.47 Å². The van der Waals surface area contributed by atoms with Crippen LogP contribution in [0.5, 0.6) is 0 Å². The lowest BCUT2D eigenvalue weighted by Crippen LogP contribution is -2.48. The first-order valence-electron chi connectivity index (χ1n) is 8.67. The smallest absolute Gasteiger partial charge is 0.173 e.